The van der Waals surface area contributed by atoms with Gasteiger partial charge in [-0.05, 0) is 43.9 Å². The average molecular weight is 267 g/mol. The Kier molecular flexibility index (Phi) is 4.50. The molecule has 4 atom stereocenters. The smallest absolute Gasteiger partial charge is 0.115 e. The molecule has 2 unspecified atom stereocenters. The standard InChI is InChI=1S/C15H23ClN2/c1-10-6-4-5-7-13(10)11(2)8-15-14(16)9-17-12(3)18-15/h4-5,9-13,18H,6-8H2,1-3H3/t10-,11?,12?,13-/m0/s1. The van der Waals surface area contributed by atoms with E-state index in [0.717, 1.165) is 29.0 Å². The molecule has 1 aliphatic heterocycles. The van der Waals surface area contributed by atoms with Crippen molar-refractivity contribution >= 4 is 17.8 Å². The third-order valence-corrected chi connectivity index (χ3v) is 4.48. The second-order valence-corrected chi connectivity index (χ2v) is 6.10. The lowest BCUT2D eigenvalue weighted by Crippen LogP contribution is -2.31. The van der Waals surface area contributed by atoms with Gasteiger partial charge in [-0.15, -0.1) is 0 Å². The van der Waals surface area contributed by atoms with Crippen molar-refractivity contribution in [2.75, 3.05) is 0 Å². The van der Waals surface area contributed by atoms with E-state index < -0.39 is 0 Å². The van der Waals surface area contributed by atoms with Gasteiger partial charge in [-0.3, -0.25) is 4.99 Å². The fourth-order valence-corrected chi connectivity index (χ4v) is 3.20. The minimum Gasteiger partial charge on any atom is -0.366 e. The minimum absolute atomic E-state index is 0.151. The van der Waals surface area contributed by atoms with E-state index in [1.807, 2.05) is 0 Å². The Labute approximate surface area is 115 Å². The lowest BCUT2D eigenvalue weighted by Gasteiger charge is -2.32. The summed E-state index contributed by atoms with van der Waals surface area (Å²) in [6.07, 6.45) is 10.0. The zero-order chi connectivity index (χ0) is 13.1. The maximum atomic E-state index is 6.22. The maximum absolute atomic E-state index is 6.22. The van der Waals surface area contributed by atoms with Crippen molar-refractivity contribution in [3.05, 3.63) is 22.9 Å². The van der Waals surface area contributed by atoms with E-state index in [1.54, 1.807) is 6.21 Å². The van der Waals surface area contributed by atoms with Crippen LogP contribution in [0.15, 0.2) is 27.9 Å². The molecule has 2 rings (SSSR count). The molecule has 2 nitrogen and oxygen atoms in total. The fourth-order valence-electron chi connectivity index (χ4n) is 3.01. The van der Waals surface area contributed by atoms with Crippen LogP contribution in [-0.4, -0.2) is 12.4 Å². The first kappa shape index (κ1) is 13.7. The van der Waals surface area contributed by atoms with Crippen LogP contribution in [0.3, 0.4) is 0 Å². The molecule has 2 aliphatic rings. The summed E-state index contributed by atoms with van der Waals surface area (Å²) in [7, 11) is 0. The number of hydrogen-bond donors (Lipinski definition) is 1. The molecule has 0 spiro atoms. The van der Waals surface area contributed by atoms with Crippen molar-refractivity contribution in [2.24, 2.45) is 22.7 Å². The third kappa shape index (κ3) is 3.17. The maximum Gasteiger partial charge on any atom is 0.115 e. The van der Waals surface area contributed by atoms with Gasteiger partial charge in [-0.2, -0.15) is 0 Å². The summed E-state index contributed by atoms with van der Waals surface area (Å²) in [5.41, 5.74) is 1.16. The zero-order valence-electron chi connectivity index (χ0n) is 11.5. The topological polar surface area (TPSA) is 24.4 Å². The largest absolute Gasteiger partial charge is 0.366 e. The lowest BCUT2D eigenvalue weighted by molar-refractivity contribution is 0.244. The van der Waals surface area contributed by atoms with Crippen LogP contribution >= 0.6 is 11.6 Å². The van der Waals surface area contributed by atoms with Crippen molar-refractivity contribution in [3.63, 3.8) is 0 Å². The molecular weight excluding hydrogens is 244 g/mol. The third-order valence-electron chi connectivity index (χ3n) is 4.15. The summed E-state index contributed by atoms with van der Waals surface area (Å²) in [4.78, 5) is 4.26. The van der Waals surface area contributed by atoms with Gasteiger partial charge in [0, 0.05) is 11.9 Å². The molecule has 3 heteroatoms. The number of rotatable bonds is 3. The van der Waals surface area contributed by atoms with Crippen molar-refractivity contribution in [3.8, 4) is 0 Å². The molecule has 0 radical (unpaired) electrons. The van der Waals surface area contributed by atoms with Crippen LogP contribution in [0.2, 0.25) is 0 Å². The average Bonchev–Trinajstić information content (AvgIpc) is 2.34. The molecule has 0 bridgehead atoms. The van der Waals surface area contributed by atoms with Crippen LogP contribution in [0.25, 0.3) is 0 Å². The second kappa shape index (κ2) is 5.92. The van der Waals surface area contributed by atoms with Crippen LogP contribution in [0.5, 0.6) is 0 Å². The second-order valence-electron chi connectivity index (χ2n) is 5.69. The quantitative estimate of drug-likeness (QED) is 0.765. The number of allylic oxidation sites excluding steroid dienone is 4. The van der Waals surface area contributed by atoms with Crippen LogP contribution in [0.4, 0.5) is 0 Å². The highest BCUT2D eigenvalue weighted by molar-refractivity contribution is 6.39. The Balaban J connectivity index is 2.00. The van der Waals surface area contributed by atoms with E-state index in [9.17, 15) is 0 Å². The number of nitrogens with one attached hydrogen (secondary N) is 1. The molecule has 1 N–H and O–H groups in total. The van der Waals surface area contributed by atoms with Gasteiger partial charge in [0.1, 0.15) is 6.17 Å². The summed E-state index contributed by atoms with van der Waals surface area (Å²) in [5.74, 6) is 2.20. The van der Waals surface area contributed by atoms with Crippen LogP contribution in [0, 0.1) is 17.8 Å². The Morgan fingerprint density at radius 3 is 2.83 bits per heavy atom. The Hall–Kier alpha value is -0.760. The molecule has 0 aromatic carbocycles. The summed E-state index contributed by atoms with van der Waals surface area (Å²) < 4.78 is 0. The molecule has 0 aromatic rings. The summed E-state index contributed by atoms with van der Waals surface area (Å²) in [6, 6.07) is 0. The molecule has 0 aromatic heterocycles. The van der Waals surface area contributed by atoms with Gasteiger partial charge in [-0.25, -0.2) is 0 Å². The minimum atomic E-state index is 0.151. The SMILES string of the molecule is CC1N=CC(Cl)=C(CC(C)[C@H]2CC=CC[C@@H]2C)N1. The predicted molar refractivity (Wildman–Crippen MR) is 78.8 cm³/mol. The summed E-state index contributed by atoms with van der Waals surface area (Å²) in [6.45, 7) is 6.76. The van der Waals surface area contributed by atoms with Crippen molar-refractivity contribution in [2.45, 2.75) is 46.2 Å². The van der Waals surface area contributed by atoms with Gasteiger partial charge in [0.2, 0.25) is 0 Å². The lowest BCUT2D eigenvalue weighted by atomic mass is 9.75. The summed E-state index contributed by atoms with van der Waals surface area (Å²) >= 11 is 6.22. The molecule has 0 fully saturated rings. The first-order valence-corrected chi connectivity index (χ1v) is 7.29. The van der Waals surface area contributed by atoms with E-state index in [-0.39, 0.29) is 6.17 Å². The van der Waals surface area contributed by atoms with Gasteiger partial charge in [0.25, 0.3) is 0 Å². The van der Waals surface area contributed by atoms with Gasteiger partial charge >= 0.3 is 0 Å². The monoisotopic (exact) mass is 266 g/mol. The highest BCUT2D eigenvalue weighted by Gasteiger charge is 2.26. The van der Waals surface area contributed by atoms with E-state index in [0.29, 0.717) is 5.92 Å². The number of aliphatic imine (C=N–C) groups is 1. The number of hydrogen-bond acceptors (Lipinski definition) is 2. The van der Waals surface area contributed by atoms with Gasteiger partial charge in [0.05, 0.1) is 5.03 Å². The van der Waals surface area contributed by atoms with E-state index >= 15 is 0 Å². The highest BCUT2D eigenvalue weighted by atomic mass is 35.5. The molecule has 1 heterocycles. The zero-order valence-corrected chi connectivity index (χ0v) is 12.2. The van der Waals surface area contributed by atoms with Crippen molar-refractivity contribution < 1.29 is 0 Å². The van der Waals surface area contributed by atoms with Gasteiger partial charge in [0.15, 0.2) is 0 Å². The molecule has 18 heavy (non-hydrogen) atoms. The summed E-state index contributed by atoms with van der Waals surface area (Å²) in [5, 5.41) is 4.16. The van der Waals surface area contributed by atoms with Crippen LogP contribution < -0.4 is 5.32 Å². The fraction of sp³-hybridized carbons (Fsp3) is 0.667. The Morgan fingerprint density at radius 1 is 1.39 bits per heavy atom. The molecule has 0 amide bonds. The Bertz CT molecular complexity index is 384. The number of halogens is 1. The Morgan fingerprint density at radius 2 is 2.11 bits per heavy atom. The van der Waals surface area contributed by atoms with Crippen LogP contribution in [0.1, 0.15) is 40.0 Å². The molecule has 100 valence electrons. The number of nitrogens with zero attached hydrogens (tertiary/aromatic N) is 1. The molecular formula is C15H23ClN2. The highest BCUT2D eigenvalue weighted by Crippen LogP contribution is 2.35. The molecule has 1 aliphatic carbocycles. The van der Waals surface area contributed by atoms with Gasteiger partial charge in [-0.1, -0.05) is 37.6 Å². The van der Waals surface area contributed by atoms with Crippen molar-refractivity contribution in [1.29, 1.82) is 0 Å². The van der Waals surface area contributed by atoms with Gasteiger partial charge < -0.3 is 5.32 Å². The normalized spacial score (nSPS) is 33.4. The first-order valence-electron chi connectivity index (χ1n) is 6.91. The van der Waals surface area contributed by atoms with Crippen LogP contribution in [-0.2, 0) is 0 Å². The molecule has 0 saturated carbocycles. The van der Waals surface area contributed by atoms with Crippen molar-refractivity contribution in [1.82, 2.24) is 5.32 Å². The molecule has 0 saturated heterocycles. The first-order chi connectivity index (χ1) is 8.58. The van der Waals surface area contributed by atoms with E-state index in [2.05, 4.69) is 43.2 Å². The van der Waals surface area contributed by atoms with E-state index in [4.69, 9.17) is 11.6 Å². The predicted octanol–water partition coefficient (Wildman–Crippen LogP) is 4.09. The van der Waals surface area contributed by atoms with E-state index in [1.165, 1.54) is 12.8 Å².